The smallest absolute Gasteiger partial charge is 0.206 e. The van der Waals surface area contributed by atoms with Crippen LogP contribution >= 0.6 is 0 Å². The van der Waals surface area contributed by atoms with Gasteiger partial charge < -0.3 is 9.75 Å². The summed E-state index contributed by atoms with van der Waals surface area (Å²) in [5.74, 6) is 7.43. The van der Waals surface area contributed by atoms with Crippen molar-refractivity contribution in [2.45, 2.75) is 22.9 Å². The number of imidazole rings is 1. The molecular formula is C29H24N4O3S. The minimum absolute atomic E-state index is 0.107. The zero-order chi connectivity index (χ0) is 25.4. The Hall–Kier alpha value is -4.40. The van der Waals surface area contributed by atoms with Crippen molar-refractivity contribution in [1.29, 1.82) is 0 Å². The number of aromatic nitrogens is 2. The Labute approximate surface area is 215 Å². The summed E-state index contributed by atoms with van der Waals surface area (Å²) in [6.45, 7) is 0.656. The Morgan fingerprint density at radius 1 is 0.946 bits per heavy atom. The van der Waals surface area contributed by atoms with Crippen molar-refractivity contribution >= 4 is 21.6 Å². The molecule has 6 rings (SSSR count). The molecule has 2 aliphatic rings. The number of fused-ring (bicyclic) bond motifs is 1. The number of nitrogens with two attached hydrogens (primary N) is 1. The van der Waals surface area contributed by atoms with Gasteiger partial charge in [-0.25, -0.2) is 19.2 Å². The molecule has 0 bridgehead atoms. The zero-order valence-corrected chi connectivity index (χ0v) is 20.7. The Morgan fingerprint density at radius 3 is 2.51 bits per heavy atom. The molecule has 0 saturated carbocycles. The van der Waals surface area contributed by atoms with Crippen LogP contribution in [0, 0.1) is 0 Å². The number of hydrogen-bond donors (Lipinski definition) is 1. The Kier molecular flexibility index (Phi) is 5.75. The van der Waals surface area contributed by atoms with E-state index < -0.39 is 9.84 Å². The van der Waals surface area contributed by atoms with E-state index in [1.165, 1.54) is 0 Å². The number of rotatable bonds is 7. The maximum absolute atomic E-state index is 13.3. The van der Waals surface area contributed by atoms with Crippen molar-refractivity contribution in [3.63, 3.8) is 0 Å². The molecule has 1 aliphatic carbocycles. The Bertz CT molecular complexity index is 1690. The maximum Gasteiger partial charge on any atom is 0.206 e. The van der Waals surface area contributed by atoms with Crippen LogP contribution in [0.15, 0.2) is 113 Å². The molecule has 3 aromatic carbocycles. The van der Waals surface area contributed by atoms with Gasteiger partial charge >= 0.3 is 0 Å². The van der Waals surface area contributed by atoms with Crippen molar-refractivity contribution in [1.82, 2.24) is 14.6 Å². The first-order chi connectivity index (χ1) is 18.0. The summed E-state index contributed by atoms with van der Waals surface area (Å²) in [7, 11) is -3.67. The number of hydrogen-bond acceptors (Lipinski definition) is 6. The fraction of sp³-hybridized carbons (Fsp3) is 0.0690. The number of nitrogens with zero attached hydrogens (tertiary/aromatic N) is 3. The highest BCUT2D eigenvalue weighted by molar-refractivity contribution is 7.91. The summed E-state index contributed by atoms with van der Waals surface area (Å²) >= 11 is 0. The summed E-state index contributed by atoms with van der Waals surface area (Å²) in [5.41, 5.74) is 4.47. The molecule has 4 aromatic rings. The average Bonchev–Trinajstić information content (AvgIpc) is 3.25. The summed E-state index contributed by atoms with van der Waals surface area (Å²) in [6, 6.07) is 23.0. The van der Waals surface area contributed by atoms with E-state index in [4.69, 9.17) is 15.6 Å². The lowest BCUT2D eigenvalue weighted by Gasteiger charge is -2.21. The number of sulfone groups is 1. The van der Waals surface area contributed by atoms with Crippen LogP contribution in [0.1, 0.15) is 17.0 Å². The first-order valence-corrected chi connectivity index (χ1v) is 13.3. The fourth-order valence-electron chi connectivity index (χ4n) is 4.44. The van der Waals surface area contributed by atoms with Crippen molar-refractivity contribution in [2.75, 3.05) is 0 Å². The molecule has 0 spiro atoms. The molecule has 7 nitrogen and oxygen atoms in total. The SMILES string of the molecule is NN1C=Cn2c(-c3cccc(OCc4ccccc4S(=O)(=O)c4ccccc4)c3)nc(C3=CC=C3)c2C1. The standard InChI is InChI=1S/C29H24N4O3S/c30-32-16-17-33-26(19-32)28(21-9-6-10-21)31-29(33)22-11-7-12-24(18-22)36-20-23-8-4-5-15-27(23)37(34,35)25-13-2-1-3-14-25/h1-18H,19-20,30H2. The highest BCUT2D eigenvalue weighted by atomic mass is 32.2. The summed E-state index contributed by atoms with van der Waals surface area (Å²) in [5, 5.41) is 1.63. The van der Waals surface area contributed by atoms with Crippen molar-refractivity contribution in [3.05, 3.63) is 120 Å². The van der Waals surface area contributed by atoms with Gasteiger partial charge in [-0.3, -0.25) is 4.57 Å². The third-order valence-electron chi connectivity index (χ3n) is 6.38. The van der Waals surface area contributed by atoms with Crippen LogP contribution < -0.4 is 10.6 Å². The normalized spacial score (nSPS) is 14.2. The molecular weight excluding hydrogens is 484 g/mol. The third-order valence-corrected chi connectivity index (χ3v) is 8.25. The van der Waals surface area contributed by atoms with Crippen LogP contribution in [0.25, 0.3) is 23.2 Å². The van der Waals surface area contributed by atoms with Crippen molar-refractivity contribution in [2.24, 2.45) is 5.84 Å². The van der Waals surface area contributed by atoms with Gasteiger partial charge in [-0.1, -0.05) is 66.8 Å². The van der Waals surface area contributed by atoms with E-state index in [-0.39, 0.29) is 16.4 Å². The van der Waals surface area contributed by atoms with Crippen LogP contribution in [0.4, 0.5) is 0 Å². The predicted molar refractivity (Wildman–Crippen MR) is 143 cm³/mol. The summed E-state index contributed by atoms with van der Waals surface area (Å²) in [4.78, 5) is 5.43. The van der Waals surface area contributed by atoms with Gasteiger partial charge in [-0.15, -0.1) is 0 Å². The Balaban J connectivity index is 1.29. The lowest BCUT2D eigenvalue weighted by molar-refractivity contribution is 0.303. The fourth-order valence-corrected chi connectivity index (χ4v) is 5.94. The van der Waals surface area contributed by atoms with Gasteiger partial charge in [0.05, 0.1) is 27.7 Å². The van der Waals surface area contributed by atoms with E-state index in [0.29, 0.717) is 17.9 Å². The first-order valence-electron chi connectivity index (χ1n) is 11.8. The van der Waals surface area contributed by atoms with Gasteiger partial charge in [0.25, 0.3) is 0 Å². The molecule has 2 heterocycles. The quantitative estimate of drug-likeness (QED) is 0.352. The van der Waals surface area contributed by atoms with Gasteiger partial charge in [0.15, 0.2) is 0 Å². The van der Waals surface area contributed by atoms with Gasteiger partial charge in [0.1, 0.15) is 18.2 Å². The predicted octanol–water partition coefficient (Wildman–Crippen LogP) is 5.03. The lowest BCUT2D eigenvalue weighted by Crippen LogP contribution is -2.28. The second-order valence-electron chi connectivity index (χ2n) is 8.79. The van der Waals surface area contributed by atoms with Gasteiger partial charge in [-0.05, 0) is 30.3 Å². The Morgan fingerprint density at radius 2 is 1.73 bits per heavy atom. The number of hydrazine groups is 1. The summed E-state index contributed by atoms with van der Waals surface area (Å²) < 4.78 is 34.7. The zero-order valence-electron chi connectivity index (χ0n) is 19.9. The van der Waals surface area contributed by atoms with Crippen molar-refractivity contribution in [3.8, 4) is 17.1 Å². The van der Waals surface area contributed by atoms with Crippen LogP contribution in [0.5, 0.6) is 5.75 Å². The monoisotopic (exact) mass is 508 g/mol. The highest BCUT2D eigenvalue weighted by Crippen LogP contribution is 2.34. The molecule has 1 aliphatic heterocycles. The molecule has 0 fully saturated rings. The molecule has 2 N–H and O–H groups in total. The molecule has 184 valence electrons. The molecule has 8 heteroatoms. The van der Waals surface area contributed by atoms with E-state index in [1.807, 2.05) is 65.5 Å². The minimum Gasteiger partial charge on any atom is -0.489 e. The molecule has 0 atom stereocenters. The van der Waals surface area contributed by atoms with Gasteiger partial charge in [0.2, 0.25) is 9.84 Å². The minimum atomic E-state index is -3.67. The van der Waals surface area contributed by atoms with Gasteiger partial charge in [0, 0.05) is 29.1 Å². The molecule has 0 amide bonds. The topological polar surface area (TPSA) is 90.5 Å². The average molecular weight is 509 g/mol. The lowest BCUT2D eigenvalue weighted by atomic mass is 10.0. The first kappa shape index (κ1) is 23.0. The third kappa shape index (κ3) is 4.26. The molecule has 0 saturated heterocycles. The van der Waals surface area contributed by atoms with E-state index in [1.54, 1.807) is 53.5 Å². The van der Waals surface area contributed by atoms with Crippen LogP contribution in [0.3, 0.4) is 0 Å². The van der Waals surface area contributed by atoms with Crippen LogP contribution in [0.2, 0.25) is 0 Å². The van der Waals surface area contributed by atoms with E-state index in [9.17, 15) is 8.42 Å². The second kappa shape index (κ2) is 9.24. The molecule has 1 aromatic heterocycles. The van der Waals surface area contributed by atoms with Gasteiger partial charge in [-0.2, -0.15) is 0 Å². The van der Waals surface area contributed by atoms with E-state index >= 15 is 0 Å². The van der Waals surface area contributed by atoms with Crippen molar-refractivity contribution < 1.29 is 13.2 Å². The van der Waals surface area contributed by atoms with E-state index in [0.717, 1.165) is 28.3 Å². The molecule has 37 heavy (non-hydrogen) atoms. The van der Waals surface area contributed by atoms with Crippen LogP contribution in [-0.2, 0) is 23.0 Å². The van der Waals surface area contributed by atoms with E-state index in [2.05, 4.69) is 0 Å². The maximum atomic E-state index is 13.3. The highest BCUT2D eigenvalue weighted by Gasteiger charge is 2.24. The number of ether oxygens (including phenoxy) is 1. The second-order valence-corrected chi connectivity index (χ2v) is 10.7. The number of benzene rings is 3. The molecule has 0 radical (unpaired) electrons. The summed E-state index contributed by atoms with van der Waals surface area (Å²) in [6.07, 6.45) is 9.78. The largest absolute Gasteiger partial charge is 0.489 e. The molecule has 0 unspecified atom stereocenters. The van der Waals surface area contributed by atoms with Crippen LogP contribution in [-0.4, -0.2) is 23.0 Å². The number of allylic oxidation sites excluding steroid dienone is 4.